The Morgan fingerprint density at radius 2 is 1.61 bits per heavy atom. The largest absolute Gasteiger partial charge is 0.467 e. The van der Waals surface area contributed by atoms with Crippen molar-refractivity contribution in [2.45, 2.75) is 18.7 Å². The van der Waals surface area contributed by atoms with Crippen molar-refractivity contribution in [3.05, 3.63) is 34.9 Å². The van der Waals surface area contributed by atoms with Crippen molar-refractivity contribution in [3.63, 3.8) is 0 Å². The number of hydrogen-bond donors (Lipinski definition) is 5. The van der Waals surface area contributed by atoms with Crippen LogP contribution in [0.5, 0.6) is 0 Å². The van der Waals surface area contributed by atoms with Gasteiger partial charge in [0.25, 0.3) is 0 Å². The smallest absolute Gasteiger partial charge is 0.339 e. The van der Waals surface area contributed by atoms with Crippen molar-refractivity contribution in [1.29, 1.82) is 0 Å². The molecule has 1 aromatic carbocycles. The zero-order valence-electron chi connectivity index (χ0n) is 9.52. The van der Waals surface area contributed by atoms with Crippen molar-refractivity contribution in [3.8, 4) is 0 Å². The second-order valence-electron chi connectivity index (χ2n) is 3.56. The number of rotatable bonds is 4. The van der Waals surface area contributed by atoms with Gasteiger partial charge in [0, 0.05) is 11.1 Å². The first-order valence-corrected chi connectivity index (χ1v) is 5.00. The average Bonchev–Trinajstić information content (AvgIpc) is 2.35. The molecule has 7 heteroatoms. The summed E-state index contributed by atoms with van der Waals surface area (Å²) in [6, 6.07) is 3.50. The molecule has 0 unspecified atom stereocenters. The van der Waals surface area contributed by atoms with Gasteiger partial charge in [-0.15, -0.1) is 0 Å². The number of aliphatic hydroxyl groups is 5. The van der Waals surface area contributed by atoms with Crippen molar-refractivity contribution in [2.24, 2.45) is 0 Å². The third-order valence-electron chi connectivity index (χ3n) is 2.41. The third-order valence-corrected chi connectivity index (χ3v) is 2.41. The Labute approximate surface area is 103 Å². The van der Waals surface area contributed by atoms with E-state index in [9.17, 15) is 9.90 Å². The van der Waals surface area contributed by atoms with E-state index in [1.807, 2.05) is 0 Å². The molecule has 0 radical (unpaired) electrons. The van der Waals surface area contributed by atoms with Crippen LogP contribution in [0.1, 0.15) is 35.4 Å². The molecule has 1 atom stereocenters. The van der Waals surface area contributed by atoms with E-state index in [0.717, 1.165) is 13.2 Å². The van der Waals surface area contributed by atoms with Crippen molar-refractivity contribution in [1.82, 2.24) is 0 Å². The predicted molar refractivity (Wildman–Crippen MR) is 57.8 cm³/mol. The van der Waals surface area contributed by atoms with Gasteiger partial charge in [-0.05, 0) is 11.6 Å². The van der Waals surface area contributed by atoms with E-state index in [1.165, 1.54) is 12.1 Å². The second kappa shape index (κ2) is 5.89. The Balaban J connectivity index is 3.19. The summed E-state index contributed by atoms with van der Waals surface area (Å²) in [6.07, 6.45) is -5.45. The van der Waals surface area contributed by atoms with Gasteiger partial charge in [0.2, 0.25) is 0 Å². The maximum atomic E-state index is 11.1. The van der Waals surface area contributed by atoms with Gasteiger partial charge in [-0.25, -0.2) is 4.79 Å². The Morgan fingerprint density at radius 1 is 1.06 bits per heavy atom. The first kappa shape index (κ1) is 14.6. The maximum Gasteiger partial charge on any atom is 0.339 e. The molecule has 1 aromatic rings. The summed E-state index contributed by atoms with van der Waals surface area (Å²) in [7, 11) is 1.10. The number of aliphatic hydroxyl groups excluding tert-OH is 3. The van der Waals surface area contributed by atoms with Crippen LogP contribution in [0, 0.1) is 0 Å². The number of esters is 1. The zero-order valence-corrected chi connectivity index (χ0v) is 9.52. The summed E-state index contributed by atoms with van der Waals surface area (Å²) < 4.78 is 4.33. The van der Waals surface area contributed by atoms with E-state index in [4.69, 9.17) is 20.4 Å². The standard InChI is InChI=1S/C11H14O7/c1-18-11(17)8(12)5-2-3-6(9(13)14)7(4-5)10(15)16/h2-4,8-10,12-16H,1H3/t8-/m1/s1. The van der Waals surface area contributed by atoms with Gasteiger partial charge in [-0.3, -0.25) is 0 Å². The number of ether oxygens (including phenoxy) is 1. The molecule has 0 aliphatic rings. The Bertz CT molecular complexity index is 427. The second-order valence-corrected chi connectivity index (χ2v) is 3.56. The van der Waals surface area contributed by atoms with Crippen LogP contribution in [0.4, 0.5) is 0 Å². The normalized spacial score (nSPS) is 12.9. The summed E-state index contributed by atoms with van der Waals surface area (Å²) in [5.74, 6) is -0.911. The van der Waals surface area contributed by atoms with Gasteiger partial charge in [0.05, 0.1) is 7.11 Å². The molecule has 7 nitrogen and oxygen atoms in total. The molecule has 0 bridgehead atoms. The lowest BCUT2D eigenvalue weighted by atomic mass is 10.00. The Morgan fingerprint density at radius 3 is 2.06 bits per heavy atom. The Hall–Kier alpha value is -1.51. The molecule has 0 aliphatic carbocycles. The monoisotopic (exact) mass is 258 g/mol. The highest BCUT2D eigenvalue weighted by molar-refractivity contribution is 5.76. The highest BCUT2D eigenvalue weighted by Crippen LogP contribution is 2.26. The van der Waals surface area contributed by atoms with Crippen molar-refractivity contribution in [2.75, 3.05) is 7.11 Å². The number of carbonyl (C=O) groups excluding carboxylic acids is 1. The lowest BCUT2D eigenvalue weighted by Gasteiger charge is -2.16. The highest BCUT2D eigenvalue weighted by Gasteiger charge is 2.22. The third kappa shape index (κ3) is 3.03. The predicted octanol–water partition coefficient (Wildman–Crippen LogP) is -1.14. The maximum absolute atomic E-state index is 11.1. The van der Waals surface area contributed by atoms with Gasteiger partial charge in [0.15, 0.2) is 18.7 Å². The summed E-state index contributed by atoms with van der Waals surface area (Å²) in [4.78, 5) is 11.1. The summed E-state index contributed by atoms with van der Waals surface area (Å²) in [5.41, 5.74) is -0.300. The molecule has 0 aliphatic heterocycles. The van der Waals surface area contributed by atoms with Crippen LogP contribution in [0.15, 0.2) is 18.2 Å². The fourth-order valence-corrected chi connectivity index (χ4v) is 1.47. The van der Waals surface area contributed by atoms with Crippen LogP contribution < -0.4 is 0 Å². The molecule has 5 N–H and O–H groups in total. The van der Waals surface area contributed by atoms with Gasteiger partial charge in [-0.2, -0.15) is 0 Å². The van der Waals surface area contributed by atoms with Crippen LogP contribution in [-0.2, 0) is 9.53 Å². The molecule has 0 heterocycles. The van der Waals surface area contributed by atoms with Crippen LogP contribution in [0.2, 0.25) is 0 Å². The zero-order chi connectivity index (χ0) is 13.9. The van der Waals surface area contributed by atoms with E-state index in [-0.39, 0.29) is 16.7 Å². The minimum absolute atomic E-state index is 0.0503. The van der Waals surface area contributed by atoms with Crippen LogP contribution >= 0.6 is 0 Å². The van der Waals surface area contributed by atoms with Crippen molar-refractivity contribution >= 4 is 5.97 Å². The molecule has 0 fully saturated rings. The topological polar surface area (TPSA) is 127 Å². The Kier molecular flexibility index (Phi) is 4.76. The number of hydrogen-bond acceptors (Lipinski definition) is 7. The number of carbonyl (C=O) groups is 1. The molecule has 18 heavy (non-hydrogen) atoms. The van der Waals surface area contributed by atoms with E-state index in [0.29, 0.717) is 0 Å². The van der Waals surface area contributed by atoms with E-state index in [2.05, 4.69) is 4.74 Å². The van der Waals surface area contributed by atoms with Gasteiger partial charge >= 0.3 is 5.97 Å². The van der Waals surface area contributed by atoms with E-state index >= 15 is 0 Å². The molecule has 0 saturated heterocycles. The molecule has 0 amide bonds. The average molecular weight is 258 g/mol. The molecule has 0 aromatic heterocycles. The van der Waals surface area contributed by atoms with Crippen molar-refractivity contribution < 1.29 is 35.1 Å². The molecule has 100 valence electrons. The molecular formula is C11H14O7. The first-order valence-electron chi connectivity index (χ1n) is 5.00. The number of methoxy groups -OCH3 is 1. The van der Waals surface area contributed by atoms with E-state index < -0.39 is 24.7 Å². The summed E-state index contributed by atoms with van der Waals surface area (Å²) in [5, 5.41) is 45.8. The molecule has 1 rings (SSSR count). The van der Waals surface area contributed by atoms with Gasteiger partial charge < -0.3 is 30.3 Å². The fraction of sp³-hybridized carbons (Fsp3) is 0.364. The first-order chi connectivity index (χ1) is 8.38. The summed E-state index contributed by atoms with van der Waals surface area (Å²) in [6.45, 7) is 0. The SMILES string of the molecule is COC(=O)[C@H](O)c1ccc(C(O)O)c(C(O)O)c1. The molecular weight excluding hydrogens is 244 g/mol. The molecule has 0 saturated carbocycles. The minimum Gasteiger partial charge on any atom is -0.467 e. The quantitative estimate of drug-likeness (QED) is 0.341. The fourth-order valence-electron chi connectivity index (χ4n) is 1.47. The van der Waals surface area contributed by atoms with Crippen LogP contribution in [0.25, 0.3) is 0 Å². The highest BCUT2D eigenvalue weighted by atomic mass is 16.5. The van der Waals surface area contributed by atoms with Crippen LogP contribution in [-0.4, -0.2) is 38.6 Å². The minimum atomic E-state index is -1.97. The lowest BCUT2D eigenvalue weighted by Crippen LogP contribution is -2.15. The lowest BCUT2D eigenvalue weighted by molar-refractivity contribution is -0.150. The summed E-state index contributed by atoms with van der Waals surface area (Å²) >= 11 is 0. The van der Waals surface area contributed by atoms with Gasteiger partial charge in [-0.1, -0.05) is 12.1 Å². The molecule has 0 spiro atoms. The van der Waals surface area contributed by atoms with Gasteiger partial charge in [0.1, 0.15) is 0 Å². The van der Waals surface area contributed by atoms with Crippen LogP contribution in [0.3, 0.4) is 0 Å². The number of benzene rings is 1. The van der Waals surface area contributed by atoms with E-state index in [1.54, 1.807) is 0 Å².